The number of fused-ring (bicyclic) bond motifs is 3. The number of hydrogen-bond acceptors (Lipinski definition) is 4. The second kappa shape index (κ2) is 6.70. The Morgan fingerprint density at radius 1 is 1.20 bits per heavy atom. The van der Waals surface area contributed by atoms with E-state index in [-0.39, 0.29) is 28.9 Å². The molecule has 3 atom stereocenters. The lowest BCUT2D eigenvalue weighted by atomic mass is 9.54. The highest BCUT2D eigenvalue weighted by molar-refractivity contribution is 6.02. The van der Waals surface area contributed by atoms with E-state index >= 15 is 0 Å². The van der Waals surface area contributed by atoms with Crippen molar-refractivity contribution in [3.8, 4) is 23.1 Å². The number of phenols is 1. The molecule has 2 N–H and O–H groups in total. The van der Waals surface area contributed by atoms with Gasteiger partial charge in [-0.15, -0.1) is 0 Å². The highest BCUT2D eigenvalue weighted by atomic mass is 16.3. The Morgan fingerprint density at radius 3 is 2.73 bits per heavy atom. The molecule has 2 aromatic carbocycles. The number of carbonyl (C=O) groups is 1. The van der Waals surface area contributed by atoms with Gasteiger partial charge in [-0.3, -0.25) is 9.89 Å². The van der Waals surface area contributed by atoms with Crippen LogP contribution in [0.4, 0.5) is 0 Å². The summed E-state index contributed by atoms with van der Waals surface area (Å²) in [5, 5.41) is 27.6. The quantitative estimate of drug-likeness (QED) is 0.677. The van der Waals surface area contributed by atoms with Crippen LogP contribution in [0.15, 0.2) is 66.2 Å². The molecule has 5 rings (SSSR count). The third kappa shape index (κ3) is 2.47. The van der Waals surface area contributed by atoms with E-state index in [4.69, 9.17) is 5.10 Å². The molecule has 0 fully saturated rings. The van der Waals surface area contributed by atoms with Gasteiger partial charge < -0.3 is 5.11 Å². The summed E-state index contributed by atoms with van der Waals surface area (Å²) in [4.78, 5) is 12.8. The van der Waals surface area contributed by atoms with Crippen LogP contribution < -0.4 is 0 Å². The number of Topliss-reactive ketones (excluding diaryl/α,β-unsaturated/α-hetero) is 1. The van der Waals surface area contributed by atoms with Crippen LogP contribution in [0.2, 0.25) is 0 Å². The van der Waals surface area contributed by atoms with Crippen LogP contribution in [0, 0.1) is 23.2 Å². The van der Waals surface area contributed by atoms with Crippen molar-refractivity contribution in [1.29, 1.82) is 5.26 Å². The second-order valence-electron chi connectivity index (χ2n) is 8.18. The van der Waals surface area contributed by atoms with E-state index in [0.29, 0.717) is 0 Å². The topological polar surface area (TPSA) is 89.8 Å². The monoisotopic (exact) mass is 395 g/mol. The van der Waals surface area contributed by atoms with Gasteiger partial charge in [0.05, 0.1) is 22.4 Å². The lowest BCUT2D eigenvalue weighted by Crippen LogP contribution is -2.48. The molecule has 0 aliphatic heterocycles. The standard InChI is InChI=1S/C25H21N3O2/c1-15-21-11-10-20-22(16-6-5-9-19(29)12-16)27-28-24(20)25(21,13-17(14-26)23(15)30)18-7-3-2-4-8-18/h2-9,12-13,15,21,29H,10-11H2,1H3,(H,27,28)/t15?,21?,25-/m1/s1. The maximum atomic E-state index is 12.8. The first-order valence-corrected chi connectivity index (χ1v) is 10.2. The Bertz CT molecular complexity index is 1220. The van der Waals surface area contributed by atoms with E-state index in [9.17, 15) is 15.2 Å². The molecule has 0 amide bonds. The van der Waals surface area contributed by atoms with E-state index in [2.05, 4.69) is 23.3 Å². The fourth-order valence-corrected chi connectivity index (χ4v) is 5.34. The summed E-state index contributed by atoms with van der Waals surface area (Å²) in [6, 6.07) is 19.3. The van der Waals surface area contributed by atoms with Crippen LogP contribution in [0.25, 0.3) is 11.3 Å². The molecule has 0 saturated heterocycles. The predicted octanol–water partition coefficient (Wildman–Crippen LogP) is 4.30. The summed E-state index contributed by atoms with van der Waals surface area (Å²) >= 11 is 0. The maximum Gasteiger partial charge on any atom is 0.176 e. The van der Waals surface area contributed by atoms with Gasteiger partial charge in [-0.05, 0) is 42.5 Å². The Hall–Kier alpha value is -3.65. The van der Waals surface area contributed by atoms with E-state index in [0.717, 1.165) is 40.9 Å². The first-order valence-electron chi connectivity index (χ1n) is 10.2. The van der Waals surface area contributed by atoms with Crippen molar-refractivity contribution in [2.45, 2.75) is 25.2 Å². The summed E-state index contributed by atoms with van der Waals surface area (Å²) < 4.78 is 0. The lowest BCUT2D eigenvalue weighted by molar-refractivity contribution is -0.121. The molecule has 2 unspecified atom stereocenters. The van der Waals surface area contributed by atoms with E-state index < -0.39 is 5.41 Å². The largest absolute Gasteiger partial charge is 0.508 e. The average Bonchev–Trinajstić information content (AvgIpc) is 3.21. The number of hydrogen-bond donors (Lipinski definition) is 2. The molecule has 5 nitrogen and oxygen atoms in total. The number of aromatic amines is 1. The van der Waals surface area contributed by atoms with Gasteiger partial charge in [-0.25, -0.2) is 0 Å². The van der Waals surface area contributed by atoms with Crippen molar-refractivity contribution in [2.75, 3.05) is 0 Å². The molecule has 3 aromatic rings. The average molecular weight is 395 g/mol. The molecular weight excluding hydrogens is 374 g/mol. The molecular formula is C25H21N3O2. The van der Waals surface area contributed by atoms with Crippen molar-refractivity contribution in [1.82, 2.24) is 10.2 Å². The van der Waals surface area contributed by atoms with Crippen LogP contribution in [-0.4, -0.2) is 21.1 Å². The molecule has 0 radical (unpaired) electrons. The number of nitrogens with zero attached hydrogens (tertiary/aromatic N) is 2. The van der Waals surface area contributed by atoms with Gasteiger partial charge in [-0.1, -0.05) is 49.4 Å². The highest BCUT2D eigenvalue weighted by Gasteiger charge is 2.53. The van der Waals surface area contributed by atoms with Gasteiger partial charge in [-0.2, -0.15) is 10.4 Å². The number of aromatic nitrogens is 2. The number of nitriles is 1. The van der Waals surface area contributed by atoms with Crippen molar-refractivity contribution >= 4 is 5.78 Å². The summed E-state index contributed by atoms with van der Waals surface area (Å²) in [6.07, 6.45) is 3.44. The van der Waals surface area contributed by atoms with Gasteiger partial charge in [0.15, 0.2) is 5.78 Å². The van der Waals surface area contributed by atoms with Gasteiger partial charge >= 0.3 is 0 Å². The van der Waals surface area contributed by atoms with Crippen LogP contribution in [-0.2, 0) is 16.6 Å². The Morgan fingerprint density at radius 2 is 2.00 bits per heavy atom. The zero-order chi connectivity index (χ0) is 20.9. The van der Waals surface area contributed by atoms with Crippen LogP contribution in [0.1, 0.15) is 30.2 Å². The number of phenolic OH excluding ortho intramolecular Hbond substituents is 1. The van der Waals surface area contributed by atoms with Crippen molar-refractivity contribution in [3.63, 3.8) is 0 Å². The fraction of sp³-hybridized carbons (Fsp3) is 0.240. The van der Waals surface area contributed by atoms with Crippen molar-refractivity contribution in [3.05, 3.63) is 83.1 Å². The third-order valence-corrected chi connectivity index (χ3v) is 6.71. The smallest absolute Gasteiger partial charge is 0.176 e. The number of allylic oxidation sites excluding steroid dienone is 2. The molecule has 2 aliphatic carbocycles. The Labute approximate surface area is 174 Å². The highest BCUT2D eigenvalue weighted by Crippen LogP contribution is 2.54. The van der Waals surface area contributed by atoms with E-state index in [1.165, 1.54) is 0 Å². The number of aromatic hydroxyl groups is 1. The predicted molar refractivity (Wildman–Crippen MR) is 113 cm³/mol. The minimum atomic E-state index is -0.640. The van der Waals surface area contributed by atoms with E-state index in [1.807, 2.05) is 43.3 Å². The summed E-state index contributed by atoms with van der Waals surface area (Å²) in [5.41, 5.74) is 4.31. The molecule has 0 bridgehead atoms. The number of nitrogens with one attached hydrogen (secondary N) is 1. The zero-order valence-corrected chi connectivity index (χ0v) is 16.6. The lowest BCUT2D eigenvalue weighted by Gasteiger charge is -2.47. The number of carbonyl (C=O) groups excluding carboxylic acids is 1. The molecule has 2 aliphatic rings. The van der Waals surface area contributed by atoms with Gasteiger partial charge in [0.2, 0.25) is 0 Å². The number of benzene rings is 2. The van der Waals surface area contributed by atoms with Crippen LogP contribution in [0.3, 0.4) is 0 Å². The minimum Gasteiger partial charge on any atom is -0.508 e. The molecule has 30 heavy (non-hydrogen) atoms. The van der Waals surface area contributed by atoms with Crippen LogP contribution in [0.5, 0.6) is 5.75 Å². The number of rotatable bonds is 2. The zero-order valence-electron chi connectivity index (χ0n) is 16.6. The van der Waals surface area contributed by atoms with Gasteiger partial charge in [0.25, 0.3) is 0 Å². The SMILES string of the molecule is CC1C(=O)C(C#N)=C[C@]2(c3ccccc3)c3n[nH]c(-c4cccc(O)c4)c3CCC12. The summed E-state index contributed by atoms with van der Waals surface area (Å²) in [7, 11) is 0. The summed E-state index contributed by atoms with van der Waals surface area (Å²) in [5.74, 6) is -0.122. The van der Waals surface area contributed by atoms with Gasteiger partial charge in [0.1, 0.15) is 11.8 Å². The van der Waals surface area contributed by atoms with Crippen molar-refractivity contribution < 1.29 is 9.90 Å². The third-order valence-electron chi connectivity index (χ3n) is 6.71. The molecule has 0 spiro atoms. The molecule has 0 saturated carbocycles. The second-order valence-corrected chi connectivity index (χ2v) is 8.18. The van der Waals surface area contributed by atoms with Crippen molar-refractivity contribution in [2.24, 2.45) is 11.8 Å². The van der Waals surface area contributed by atoms with Gasteiger partial charge in [0, 0.05) is 17.0 Å². The number of H-pyrrole nitrogens is 1. The molecule has 1 aromatic heterocycles. The van der Waals surface area contributed by atoms with Crippen LogP contribution >= 0.6 is 0 Å². The normalized spacial score (nSPS) is 25.1. The molecule has 5 heteroatoms. The van der Waals surface area contributed by atoms with E-state index in [1.54, 1.807) is 12.1 Å². The minimum absolute atomic E-state index is 0.0253. The first-order chi connectivity index (χ1) is 14.6. The fourth-order valence-electron chi connectivity index (χ4n) is 5.34. The Balaban J connectivity index is 1.81. The molecule has 1 heterocycles. The maximum absolute atomic E-state index is 12.8. The Kier molecular flexibility index (Phi) is 4.11. The number of ketones is 1. The molecule has 148 valence electrons. The first kappa shape index (κ1) is 18.4. The summed E-state index contributed by atoms with van der Waals surface area (Å²) in [6.45, 7) is 1.93.